The number of halogens is 1. The van der Waals surface area contributed by atoms with E-state index in [1.807, 2.05) is 11.9 Å². The van der Waals surface area contributed by atoms with E-state index in [2.05, 4.69) is 28.0 Å². The molecule has 1 aliphatic rings. The maximum atomic E-state index is 12.1. The second kappa shape index (κ2) is 5.21. The molecule has 1 saturated heterocycles. The highest BCUT2D eigenvalue weighted by molar-refractivity contribution is 9.09. The van der Waals surface area contributed by atoms with Gasteiger partial charge in [0.25, 0.3) is 5.91 Å². The first-order valence-electron chi connectivity index (χ1n) is 6.01. The Bertz CT molecular complexity index is 394. The number of rotatable bonds is 2. The molecule has 1 fully saturated rings. The van der Waals surface area contributed by atoms with Crippen molar-refractivity contribution in [1.29, 1.82) is 0 Å². The molecule has 0 radical (unpaired) electrons. The number of amides is 1. The number of carbonyl (C=O) groups is 1. The molecule has 17 heavy (non-hydrogen) atoms. The summed E-state index contributed by atoms with van der Waals surface area (Å²) < 4.78 is 1.67. The molecule has 2 heterocycles. The summed E-state index contributed by atoms with van der Waals surface area (Å²) in [6.07, 6.45) is 3.95. The van der Waals surface area contributed by atoms with Crippen molar-refractivity contribution in [2.45, 2.75) is 24.6 Å². The lowest BCUT2D eigenvalue weighted by Crippen LogP contribution is -2.40. The van der Waals surface area contributed by atoms with Gasteiger partial charge in [-0.2, -0.15) is 5.10 Å². The van der Waals surface area contributed by atoms with Gasteiger partial charge in [0, 0.05) is 31.2 Å². The van der Waals surface area contributed by atoms with E-state index in [1.165, 1.54) is 0 Å². The van der Waals surface area contributed by atoms with Gasteiger partial charge in [-0.15, -0.1) is 0 Å². The predicted octanol–water partition coefficient (Wildman–Crippen LogP) is 2.06. The second-order valence-electron chi connectivity index (χ2n) is 4.68. The van der Waals surface area contributed by atoms with Crippen molar-refractivity contribution < 1.29 is 4.79 Å². The molecule has 4 nitrogen and oxygen atoms in total. The van der Waals surface area contributed by atoms with Crippen LogP contribution in [0.1, 0.15) is 30.3 Å². The first kappa shape index (κ1) is 12.6. The zero-order valence-electron chi connectivity index (χ0n) is 10.3. The van der Waals surface area contributed by atoms with Crippen molar-refractivity contribution in [3.05, 3.63) is 18.0 Å². The number of piperidine rings is 1. The Morgan fingerprint density at radius 1 is 1.53 bits per heavy atom. The summed E-state index contributed by atoms with van der Waals surface area (Å²) in [6, 6.07) is 1.78. The molecule has 0 aliphatic carbocycles. The average Bonchev–Trinajstić information content (AvgIpc) is 2.75. The van der Waals surface area contributed by atoms with Crippen LogP contribution >= 0.6 is 15.9 Å². The predicted molar refractivity (Wildman–Crippen MR) is 70.2 cm³/mol. The highest BCUT2D eigenvalue weighted by atomic mass is 79.9. The van der Waals surface area contributed by atoms with Crippen molar-refractivity contribution >= 4 is 21.8 Å². The van der Waals surface area contributed by atoms with E-state index in [0.29, 0.717) is 16.4 Å². The largest absolute Gasteiger partial charge is 0.337 e. The number of aromatic nitrogens is 2. The molecule has 1 aromatic heterocycles. The average molecular weight is 300 g/mol. The van der Waals surface area contributed by atoms with Crippen LogP contribution in [0, 0.1) is 5.92 Å². The monoisotopic (exact) mass is 299 g/mol. The van der Waals surface area contributed by atoms with Crippen LogP contribution in [-0.2, 0) is 7.05 Å². The van der Waals surface area contributed by atoms with Crippen LogP contribution in [0.3, 0.4) is 0 Å². The number of nitrogens with zero attached hydrogens (tertiary/aromatic N) is 3. The standard InChI is InChI=1S/C12H18BrN3O/c1-9(13)10-3-7-16(8-4-10)12(17)11-5-6-15(2)14-11/h5-6,9-10H,3-4,7-8H2,1-2H3. The minimum atomic E-state index is 0.0614. The van der Waals surface area contributed by atoms with E-state index in [4.69, 9.17) is 0 Å². The number of hydrogen-bond acceptors (Lipinski definition) is 2. The van der Waals surface area contributed by atoms with E-state index in [-0.39, 0.29) is 5.91 Å². The van der Waals surface area contributed by atoms with Crippen LogP contribution in [0.25, 0.3) is 0 Å². The lowest BCUT2D eigenvalue weighted by Gasteiger charge is -2.32. The Kier molecular flexibility index (Phi) is 3.86. The molecule has 0 N–H and O–H groups in total. The van der Waals surface area contributed by atoms with Crippen LogP contribution < -0.4 is 0 Å². The molecule has 1 amide bonds. The third kappa shape index (κ3) is 2.89. The van der Waals surface area contributed by atoms with Gasteiger partial charge in [-0.05, 0) is 24.8 Å². The van der Waals surface area contributed by atoms with E-state index in [9.17, 15) is 4.79 Å². The van der Waals surface area contributed by atoms with Gasteiger partial charge in [-0.1, -0.05) is 22.9 Å². The Balaban J connectivity index is 1.95. The van der Waals surface area contributed by atoms with Gasteiger partial charge in [0.15, 0.2) is 0 Å². The molecule has 2 rings (SSSR count). The highest BCUT2D eigenvalue weighted by Crippen LogP contribution is 2.25. The van der Waals surface area contributed by atoms with Crippen LogP contribution in [0.15, 0.2) is 12.3 Å². The molecule has 0 spiro atoms. The van der Waals surface area contributed by atoms with Gasteiger partial charge in [0.2, 0.25) is 0 Å². The zero-order chi connectivity index (χ0) is 12.4. The van der Waals surface area contributed by atoms with Crippen LogP contribution in [0.4, 0.5) is 0 Å². The van der Waals surface area contributed by atoms with Crippen molar-refractivity contribution in [2.24, 2.45) is 13.0 Å². The Morgan fingerprint density at radius 3 is 2.65 bits per heavy atom. The second-order valence-corrected chi connectivity index (χ2v) is 6.13. The van der Waals surface area contributed by atoms with Crippen LogP contribution in [0.2, 0.25) is 0 Å². The maximum absolute atomic E-state index is 12.1. The fourth-order valence-electron chi connectivity index (χ4n) is 2.25. The van der Waals surface area contributed by atoms with E-state index in [1.54, 1.807) is 16.9 Å². The maximum Gasteiger partial charge on any atom is 0.274 e. The summed E-state index contributed by atoms with van der Waals surface area (Å²) in [7, 11) is 1.83. The van der Waals surface area contributed by atoms with Gasteiger partial charge in [-0.25, -0.2) is 0 Å². The van der Waals surface area contributed by atoms with E-state index >= 15 is 0 Å². The summed E-state index contributed by atoms with van der Waals surface area (Å²) in [5.41, 5.74) is 0.554. The first-order chi connectivity index (χ1) is 8.08. The number of carbonyl (C=O) groups excluding carboxylic acids is 1. The highest BCUT2D eigenvalue weighted by Gasteiger charge is 2.26. The Morgan fingerprint density at radius 2 is 2.18 bits per heavy atom. The number of hydrogen-bond donors (Lipinski definition) is 0. The van der Waals surface area contributed by atoms with Gasteiger partial charge in [0.1, 0.15) is 5.69 Å². The van der Waals surface area contributed by atoms with Crippen molar-refractivity contribution in [3.8, 4) is 0 Å². The molecule has 0 saturated carbocycles. The molecule has 1 atom stereocenters. The smallest absolute Gasteiger partial charge is 0.274 e. The lowest BCUT2D eigenvalue weighted by atomic mass is 9.94. The number of alkyl halides is 1. The molecular formula is C12H18BrN3O. The molecule has 5 heteroatoms. The molecule has 1 aromatic rings. The summed E-state index contributed by atoms with van der Waals surface area (Å²) >= 11 is 3.62. The molecule has 1 aliphatic heterocycles. The van der Waals surface area contributed by atoms with E-state index < -0.39 is 0 Å². The van der Waals surface area contributed by atoms with Crippen LogP contribution in [0.5, 0.6) is 0 Å². The zero-order valence-corrected chi connectivity index (χ0v) is 11.9. The minimum absolute atomic E-state index is 0.0614. The summed E-state index contributed by atoms with van der Waals surface area (Å²) in [4.78, 5) is 14.6. The molecule has 1 unspecified atom stereocenters. The molecule has 0 bridgehead atoms. The van der Waals surface area contributed by atoms with Gasteiger partial charge in [-0.3, -0.25) is 9.48 Å². The number of aryl methyl sites for hydroxylation is 1. The van der Waals surface area contributed by atoms with Crippen molar-refractivity contribution in [1.82, 2.24) is 14.7 Å². The molecular weight excluding hydrogens is 282 g/mol. The molecule has 0 aromatic carbocycles. The first-order valence-corrected chi connectivity index (χ1v) is 6.92. The van der Waals surface area contributed by atoms with Crippen LogP contribution in [-0.4, -0.2) is 38.5 Å². The summed E-state index contributed by atoms with van der Waals surface area (Å²) in [5, 5.41) is 4.16. The number of likely N-dealkylation sites (tertiary alicyclic amines) is 1. The third-order valence-corrected chi connectivity index (χ3v) is 4.16. The lowest BCUT2D eigenvalue weighted by molar-refractivity contribution is 0.0684. The summed E-state index contributed by atoms with van der Waals surface area (Å²) in [5.74, 6) is 0.744. The quantitative estimate of drug-likeness (QED) is 0.784. The fourth-order valence-corrected chi connectivity index (χ4v) is 2.78. The minimum Gasteiger partial charge on any atom is -0.337 e. The normalized spacial score (nSPS) is 19.4. The SMILES string of the molecule is CC(Br)C1CCN(C(=O)c2ccn(C)n2)CC1. The third-order valence-electron chi connectivity index (χ3n) is 3.41. The van der Waals surface area contributed by atoms with E-state index in [0.717, 1.165) is 25.9 Å². The van der Waals surface area contributed by atoms with Gasteiger partial charge >= 0.3 is 0 Å². The topological polar surface area (TPSA) is 38.1 Å². The Hall–Kier alpha value is -0.840. The fraction of sp³-hybridized carbons (Fsp3) is 0.667. The van der Waals surface area contributed by atoms with Crippen molar-refractivity contribution in [3.63, 3.8) is 0 Å². The Labute approximate surface area is 110 Å². The van der Waals surface area contributed by atoms with Gasteiger partial charge in [0.05, 0.1) is 0 Å². The van der Waals surface area contributed by atoms with Crippen molar-refractivity contribution in [2.75, 3.05) is 13.1 Å². The molecule has 94 valence electrons. The van der Waals surface area contributed by atoms with Gasteiger partial charge < -0.3 is 4.90 Å². The summed E-state index contributed by atoms with van der Waals surface area (Å²) in [6.45, 7) is 3.87.